The van der Waals surface area contributed by atoms with Gasteiger partial charge < -0.3 is 9.80 Å². The molecule has 0 atom stereocenters. The Labute approximate surface area is 106 Å². The molecule has 1 heterocycles. The van der Waals surface area contributed by atoms with Crippen molar-refractivity contribution in [3.63, 3.8) is 0 Å². The zero-order chi connectivity index (χ0) is 12.8. The van der Waals surface area contributed by atoms with Crippen molar-refractivity contribution in [2.24, 2.45) is 10.9 Å². The minimum absolute atomic E-state index is 0.497. The highest BCUT2D eigenvalue weighted by Crippen LogP contribution is 2.09. The third-order valence-corrected chi connectivity index (χ3v) is 3.24. The van der Waals surface area contributed by atoms with Gasteiger partial charge in [-0.05, 0) is 19.0 Å². The standard InChI is InChI=1S/C14H25N3/c1-12(2)13(3)6-7-14(15-4)17-10-8-16(5)9-11-17/h6-7,12H,3,8-11H2,1-2,4-5H3/b7-6-,15-14+. The van der Waals surface area contributed by atoms with Crippen LogP contribution in [0, 0.1) is 5.92 Å². The van der Waals surface area contributed by atoms with E-state index >= 15 is 0 Å². The summed E-state index contributed by atoms with van der Waals surface area (Å²) in [5.41, 5.74) is 1.15. The molecule has 1 aliphatic rings. The van der Waals surface area contributed by atoms with E-state index in [1.807, 2.05) is 7.05 Å². The molecule has 1 saturated heterocycles. The normalized spacial score (nSPS) is 19.4. The maximum atomic E-state index is 4.36. The number of hydrogen-bond acceptors (Lipinski definition) is 2. The minimum atomic E-state index is 0.497. The molecule has 0 aliphatic carbocycles. The van der Waals surface area contributed by atoms with Gasteiger partial charge >= 0.3 is 0 Å². The van der Waals surface area contributed by atoms with Gasteiger partial charge in [-0.25, -0.2) is 0 Å². The fourth-order valence-corrected chi connectivity index (χ4v) is 1.73. The van der Waals surface area contributed by atoms with Crippen molar-refractivity contribution < 1.29 is 0 Å². The van der Waals surface area contributed by atoms with Crippen LogP contribution in [-0.4, -0.2) is 55.9 Å². The topological polar surface area (TPSA) is 18.8 Å². The van der Waals surface area contributed by atoms with E-state index < -0.39 is 0 Å². The van der Waals surface area contributed by atoms with Gasteiger partial charge in [-0.15, -0.1) is 0 Å². The highest BCUT2D eigenvalue weighted by atomic mass is 15.3. The molecule has 3 heteroatoms. The van der Waals surface area contributed by atoms with E-state index in [1.54, 1.807) is 0 Å². The molecule has 0 unspecified atom stereocenters. The Morgan fingerprint density at radius 2 is 1.76 bits per heavy atom. The third kappa shape index (κ3) is 4.35. The molecular formula is C14H25N3. The van der Waals surface area contributed by atoms with Gasteiger partial charge in [0, 0.05) is 33.2 Å². The van der Waals surface area contributed by atoms with Crippen LogP contribution in [0.4, 0.5) is 0 Å². The first-order chi connectivity index (χ1) is 8.04. The number of aliphatic imine (C=N–C) groups is 1. The lowest BCUT2D eigenvalue weighted by atomic mass is 10.1. The summed E-state index contributed by atoms with van der Waals surface area (Å²) in [5, 5.41) is 0. The number of amidine groups is 1. The molecule has 0 aromatic heterocycles. The monoisotopic (exact) mass is 235 g/mol. The van der Waals surface area contributed by atoms with Crippen molar-refractivity contribution in [1.29, 1.82) is 0 Å². The first-order valence-electron chi connectivity index (χ1n) is 6.31. The van der Waals surface area contributed by atoms with Gasteiger partial charge in [-0.2, -0.15) is 0 Å². The molecule has 0 saturated carbocycles. The Morgan fingerprint density at radius 3 is 2.24 bits per heavy atom. The largest absolute Gasteiger partial charge is 0.354 e. The lowest BCUT2D eigenvalue weighted by Crippen LogP contribution is -2.46. The molecule has 1 aliphatic heterocycles. The Kier molecular flexibility index (Phi) is 5.42. The maximum absolute atomic E-state index is 4.36. The highest BCUT2D eigenvalue weighted by Gasteiger charge is 2.15. The van der Waals surface area contributed by atoms with E-state index in [0.717, 1.165) is 37.6 Å². The molecule has 1 fully saturated rings. The van der Waals surface area contributed by atoms with E-state index in [2.05, 4.69) is 54.4 Å². The Bertz CT molecular complexity index is 307. The molecule has 96 valence electrons. The van der Waals surface area contributed by atoms with Crippen molar-refractivity contribution >= 4 is 5.84 Å². The summed E-state index contributed by atoms with van der Waals surface area (Å²) < 4.78 is 0. The molecule has 0 N–H and O–H groups in total. The Morgan fingerprint density at radius 1 is 1.18 bits per heavy atom. The summed E-state index contributed by atoms with van der Waals surface area (Å²) >= 11 is 0. The molecule has 0 aromatic carbocycles. The second-order valence-corrected chi connectivity index (χ2v) is 4.94. The third-order valence-electron chi connectivity index (χ3n) is 3.24. The second kappa shape index (κ2) is 6.60. The van der Waals surface area contributed by atoms with Crippen LogP contribution < -0.4 is 0 Å². The number of rotatable bonds is 3. The van der Waals surface area contributed by atoms with E-state index in [9.17, 15) is 0 Å². The maximum Gasteiger partial charge on any atom is 0.123 e. The van der Waals surface area contributed by atoms with Crippen LogP contribution in [-0.2, 0) is 0 Å². The molecule has 0 bridgehead atoms. The van der Waals surface area contributed by atoms with Crippen molar-refractivity contribution in [3.05, 3.63) is 24.3 Å². The number of nitrogens with zero attached hydrogens (tertiary/aromatic N) is 3. The molecule has 0 aromatic rings. The van der Waals surface area contributed by atoms with E-state index in [4.69, 9.17) is 0 Å². The second-order valence-electron chi connectivity index (χ2n) is 4.94. The van der Waals surface area contributed by atoms with Crippen LogP contribution in [0.3, 0.4) is 0 Å². The molecular weight excluding hydrogens is 210 g/mol. The van der Waals surface area contributed by atoms with Crippen molar-refractivity contribution in [3.8, 4) is 0 Å². The number of piperazine rings is 1. The van der Waals surface area contributed by atoms with Crippen LogP contribution in [0.1, 0.15) is 13.8 Å². The van der Waals surface area contributed by atoms with Gasteiger partial charge in [-0.1, -0.05) is 32.1 Å². The van der Waals surface area contributed by atoms with Gasteiger partial charge in [0.25, 0.3) is 0 Å². The highest BCUT2D eigenvalue weighted by molar-refractivity contribution is 5.93. The van der Waals surface area contributed by atoms with Gasteiger partial charge in [0.15, 0.2) is 0 Å². The van der Waals surface area contributed by atoms with Crippen LogP contribution in [0.15, 0.2) is 29.3 Å². The summed E-state index contributed by atoms with van der Waals surface area (Å²) in [6, 6.07) is 0. The Balaban J connectivity index is 2.58. The van der Waals surface area contributed by atoms with Gasteiger partial charge in [-0.3, -0.25) is 4.99 Å². The van der Waals surface area contributed by atoms with Crippen LogP contribution in [0.2, 0.25) is 0 Å². The number of likely N-dealkylation sites (N-methyl/N-ethyl adjacent to an activating group) is 1. The number of hydrogen-bond donors (Lipinski definition) is 0. The first-order valence-corrected chi connectivity index (χ1v) is 6.31. The first kappa shape index (κ1) is 14.0. The van der Waals surface area contributed by atoms with Gasteiger partial charge in [0.05, 0.1) is 0 Å². The average Bonchev–Trinajstić information content (AvgIpc) is 2.31. The summed E-state index contributed by atoms with van der Waals surface area (Å²) in [6.45, 7) is 12.7. The van der Waals surface area contributed by atoms with Gasteiger partial charge in [0.2, 0.25) is 0 Å². The van der Waals surface area contributed by atoms with Crippen LogP contribution in [0.25, 0.3) is 0 Å². The molecule has 3 nitrogen and oxygen atoms in total. The average molecular weight is 235 g/mol. The zero-order valence-electron chi connectivity index (χ0n) is 11.6. The summed E-state index contributed by atoms with van der Waals surface area (Å²) in [6.07, 6.45) is 4.18. The lowest BCUT2D eigenvalue weighted by molar-refractivity contribution is 0.216. The quantitative estimate of drug-likeness (QED) is 0.423. The fraction of sp³-hybridized carbons (Fsp3) is 0.643. The SMILES string of the molecule is C=C(/C=C\C(=N/C)N1CCN(C)CC1)C(C)C. The predicted molar refractivity (Wildman–Crippen MR) is 75.5 cm³/mol. The van der Waals surface area contributed by atoms with Gasteiger partial charge in [0.1, 0.15) is 5.84 Å². The van der Waals surface area contributed by atoms with Crippen LogP contribution >= 0.6 is 0 Å². The van der Waals surface area contributed by atoms with Crippen LogP contribution in [0.5, 0.6) is 0 Å². The molecule has 0 amide bonds. The Hall–Kier alpha value is -1.09. The summed E-state index contributed by atoms with van der Waals surface area (Å²) in [7, 11) is 4.02. The zero-order valence-corrected chi connectivity index (χ0v) is 11.6. The molecule has 17 heavy (non-hydrogen) atoms. The lowest BCUT2D eigenvalue weighted by Gasteiger charge is -2.33. The van der Waals surface area contributed by atoms with Crippen molar-refractivity contribution in [2.75, 3.05) is 40.3 Å². The van der Waals surface area contributed by atoms with Crippen molar-refractivity contribution in [1.82, 2.24) is 9.80 Å². The number of allylic oxidation sites excluding steroid dienone is 2. The van der Waals surface area contributed by atoms with E-state index in [0.29, 0.717) is 5.92 Å². The summed E-state index contributed by atoms with van der Waals surface area (Å²) in [5.74, 6) is 1.57. The smallest absolute Gasteiger partial charge is 0.123 e. The minimum Gasteiger partial charge on any atom is -0.354 e. The van der Waals surface area contributed by atoms with E-state index in [-0.39, 0.29) is 0 Å². The molecule has 0 radical (unpaired) electrons. The molecule has 1 rings (SSSR count). The fourth-order valence-electron chi connectivity index (χ4n) is 1.73. The molecule has 0 spiro atoms. The van der Waals surface area contributed by atoms with Crippen molar-refractivity contribution in [2.45, 2.75) is 13.8 Å². The van der Waals surface area contributed by atoms with E-state index in [1.165, 1.54) is 0 Å². The summed E-state index contributed by atoms with van der Waals surface area (Å²) in [4.78, 5) is 9.05. The predicted octanol–water partition coefficient (Wildman–Crippen LogP) is 2.03.